The van der Waals surface area contributed by atoms with Gasteiger partial charge in [-0.3, -0.25) is 0 Å². The quantitative estimate of drug-likeness (QED) is 0.746. The molecule has 0 amide bonds. The van der Waals surface area contributed by atoms with Crippen molar-refractivity contribution >= 4 is 27.4 Å². The minimum atomic E-state index is -0.0761. The molecule has 4 heterocycles. The van der Waals surface area contributed by atoms with Crippen LogP contribution in [0.25, 0.3) is 10.2 Å². The van der Waals surface area contributed by atoms with Crippen LogP contribution in [0.1, 0.15) is 43.3 Å². The molecule has 4 rings (SSSR count). The number of fused-ring (bicyclic) bond motifs is 1. The van der Waals surface area contributed by atoms with E-state index in [1.165, 1.54) is 0 Å². The average molecular weight is 359 g/mol. The Bertz CT molecular complexity index is 856. The van der Waals surface area contributed by atoms with Gasteiger partial charge in [0.25, 0.3) is 0 Å². The van der Waals surface area contributed by atoms with Crippen LogP contribution in [0.2, 0.25) is 0 Å². The Morgan fingerprint density at radius 3 is 2.84 bits per heavy atom. The lowest BCUT2D eigenvalue weighted by Gasteiger charge is -2.29. The minimum absolute atomic E-state index is 0.0761. The van der Waals surface area contributed by atoms with Gasteiger partial charge < -0.3 is 14.6 Å². The zero-order valence-electron chi connectivity index (χ0n) is 14.4. The molecule has 0 aromatic carbocycles. The van der Waals surface area contributed by atoms with Gasteiger partial charge in [-0.05, 0) is 37.1 Å². The summed E-state index contributed by atoms with van der Waals surface area (Å²) in [4.78, 5) is 14.8. The van der Waals surface area contributed by atoms with E-state index in [0.29, 0.717) is 17.6 Å². The van der Waals surface area contributed by atoms with Crippen LogP contribution in [0.3, 0.4) is 0 Å². The van der Waals surface area contributed by atoms with Gasteiger partial charge in [-0.2, -0.15) is 4.98 Å². The Hall–Kier alpha value is -2.06. The standard InChI is InChI=1S/C17H21N5O2S/c1-3-13-19-15(12-6-9-25-17(12)20-13)21-14(11-4-7-23-8-5-11)16-18-10(2)22-24-16/h6,9,11,14H,3-5,7-8H2,1-2H3,(H,19,20,21)/t14-/m0/s1. The van der Waals surface area contributed by atoms with E-state index in [1.54, 1.807) is 11.3 Å². The molecule has 3 aromatic heterocycles. The first-order valence-electron chi connectivity index (χ1n) is 8.63. The summed E-state index contributed by atoms with van der Waals surface area (Å²) >= 11 is 1.63. The topological polar surface area (TPSA) is 86.0 Å². The molecule has 132 valence electrons. The fraction of sp³-hybridized carbons (Fsp3) is 0.529. The molecule has 1 saturated heterocycles. The number of ether oxygens (including phenoxy) is 1. The molecule has 1 atom stereocenters. The number of anilines is 1. The molecule has 0 spiro atoms. The molecule has 1 fully saturated rings. The molecule has 25 heavy (non-hydrogen) atoms. The van der Waals surface area contributed by atoms with Crippen molar-refractivity contribution in [3.05, 3.63) is 29.0 Å². The van der Waals surface area contributed by atoms with Crippen molar-refractivity contribution < 1.29 is 9.26 Å². The highest BCUT2D eigenvalue weighted by atomic mass is 32.1. The van der Waals surface area contributed by atoms with Crippen molar-refractivity contribution in [2.75, 3.05) is 18.5 Å². The molecule has 0 unspecified atom stereocenters. The molecular weight excluding hydrogens is 338 g/mol. The van der Waals surface area contributed by atoms with Crippen molar-refractivity contribution in [1.82, 2.24) is 20.1 Å². The summed E-state index contributed by atoms with van der Waals surface area (Å²) < 4.78 is 11.0. The zero-order valence-corrected chi connectivity index (χ0v) is 15.2. The molecule has 1 aliphatic rings. The molecule has 7 nitrogen and oxygen atoms in total. The molecular formula is C17H21N5O2S. The monoisotopic (exact) mass is 359 g/mol. The fourth-order valence-corrected chi connectivity index (χ4v) is 3.97. The number of nitrogens with zero attached hydrogens (tertiary/aromatic N) is 4. The summed E-state index contributed by atoms with van der Waals surface area (Å²) in [5.41, 5.74) is 0. The number of nitrogens with one attached hydrogen (secondary N) is 1. The maximum absolute atomic E-state index is 5.52. The van der Waals surface area contributed by atoms with Gasteiger partial charge in [0.1, 0.15) is 22.5 Å². The Morgan fingerprint density at radius 1 is 1.28 bits per heavy atom. The van der Waals surface area contributed by atoms with Crippen LogP contribution >= 0.6 is 11.3 Å². The van der Waals surface area contributed by atoms with Gasteiger partial charge >= 0.3 is 0 Å². The van der Waals surface area contributed by atoms with E-state index in [-0.39, 0.29) is 6.04 Å². The van der Waals surface area contributed by atoms with Gasteiger partial charge in [-0.15, -0.1) is 11.3 Å². The second-order valence-electron chi connectivity index (χ2n) is 6.23. The first kappa shape index (κ1) is 16.4. The Balaban J connectivity index is 1.72. The fourth-order valence-electron chi connectivity index (χ4n) is 3.18. The molecule has 0 saturated carbocycles. The van der Waals surface area contributed by atoms with Crippen LogP contribution in [0.15, 0.2) is 16.0 Å². The van der Waals surface area contributed by atoms with Crippen LogP contribution in [0, 0.1) is 12.8 Å². The Labute approximate surface area is 149 Å². The molecule has 0 aliphatic carbocycles. The molecule has 1 N–H and O–H groups in total. The van der Waals surface area contributed by atoms with Gasteiger partial charge in [-0.1, -0.05) is 12.1 Å². The van der Waals surface area contributed by atoms with Crippen LogP contribution < -0.4 is 5.32 Å². The van der Waals surface area contributed by atoms with Gasteiger partial charge in [0.15, 0.2) is 5.82 Å². The molecule has 0 bridgehead atoms. The largest absolute Gasteiger partial charge is 0.381 e. The highest BCUT2D eigenvalue weighted by molar-refractivity contribution is 7.16. The third-order valence-electron chi connectivity index (χ3n) is 4.53. The number of hydrogen-bond acceptors (Lipinski definition) is 8. The SMILES string of the molecule is CCc1nc(N[C@H](c2nc(C)no2)C2CCOCC2)c2ccsc2n1. The van der Waals surface area contributed by atoms with E-state index in [0.717, 1.165) is 54.3 Å². The molecule has 8 heteroatoms. The number of hydrogen-bond donors (Lipinski definition) is 1. The molecule has 0 radical (unpaired) electrons. The van der Waals surface area contributed by atoms with E-state index < -0.39 is 0 Å². The van der Waals surface area contributed by atoms with Gasteiger partial charge in [0, 0.05) is 19.6 Å². The third kappa shape index (κ3) is 3.36. The highest BCUT2D eigenvalue weighted by Gasteiger charge is 2.30. The van der Waals surface area contributed by atoms with E-state index >= 15 is 0 Å². The first-order valence-corrected chi connectivity index (χ1v) is 9.51. The van der Waals surface area contributed by atoms with Crippen molar-refractivity contribution in [1.29, 1.82) is 0 Å². The summed E-state index contributed by atoms with van der Waals surface area (Å²) in [6.07, 6.45) is 2.71. The first-order chi connectivity index (χ1) is 12.2. The maximum Gasteiger partial charge on any atom is 0.249 e. The predicted octanol–water partition coefficient (Wildman–Crippen LogP) is 3.52. The third-order valence-corrected chi connectivity index (χ3v) is 5.33. The lowest BCUT2D eigenvalue weighted by Crippen LogP contribution is -2.27. The van der Waals surface area contributed by atoms with Crippen molar-refractivity contribution in [3.8, 4) is 0 Å². The van der Waals surface area contributed by atoms with Gasteiger partial charge in [-0.25, -0.2) is 9.97 Å². The highest BCUT2D eigenvalue weighted by Crippen LogP contribution is 2.34. The molecule has 3 aromatic rings. The van der Waals surface area contributed by atoms with Crippen molar-refractivity contribution in [2.45, 2.75) is 39.2 Å². The number of aryl methyl sites for hydroxylation is 2. The number of thiophene rings is 1. The Kier molecular flexibility index (Phi) is 4.63. The van der Waals surface area contributed by atoms with E-state index in [1.807, 2.05) is 12.3 Å². The van der Waals surface area contributed by atoms with Gasteiger partial charge in [0.05, 0.1) is 5.39 Å². The van der Waals surface area contributed by atoms with E-state index in [4.69, 9.17) is 14.2 Å². The predicted molar refractivity (Wildman–Crippen MR) is 95.7 cm³/mol. The Morgan fingerprint density at radius 2 is 2.12 bits per heavy atom. The summed E-state index contributed by atoms with van der Waals surface area (Å²) in [6, 6.07) is 1.98. The number of rotatable bonds is 5. The van der Waals surface area contributed by atoms with Crippen LogP contribution in [0.5, 0.6) is 0 Å². The minimum Gasteiger partial charge on any atom is -0.381 e. The van der Waals surface area contributed by atoms with Gasteiger partial charge in [0.2, 0.25) is 5.89 Å². The smallest absolute Gasteiger partial charge is 0.249 e. The maximum atomic E-state index is 5.52. The number of aromatic nitrogens is 4. The van der Waals surface area contributed by atoms with Crippen LogP contribution in [0.4, 0.5) is 5.82 Å². The summed E-state index contributed by atoms with van der Waals surface area (Å²) in [5.74, 6) is 3.30. The normalized spacial score (nSPS) is 17.0. The molecule has 1 aliphatic heterocycles. The lowest BCUT2D eigenvalue weighted by atomic mass is 9.91. The van der Waals surface area contributed by atoms with Crippen LogP contribution in [-0.4, -0.2) is 33.3 Å². The summed E-state index contributed by atoms with van der Waals surface area (Å²) in [6.45, 7) is 5.42. The average Bonchev–Trinajstić information content (AvgIpc) is 3.28. The van der Waals surface area contributed by atoms with E-state index in [9.17, 15) is 0 Å². The second-order valence-corrected chi connectivity index (χ2v) is 7.13. The van der Waals surface area contributed by atoms with E-state index in [2.05, 4.69) is 33.4 Å². The summed E-state index contributed by atoms with van der Waals surface area (Å²) in [5, 5.41) is 10.6. The van der Waals surface area contributed by atoms with Crippen molar-refractivity contribution in [3.63, 3.8) is 0 Å². The zero-order chi connectivity index (χ0) is 17.2. The second kappa shape index (κ2) is 7.05. The lowest BCUT2D eigenvalue weighted by molar-refractivity contribution is 0.0571. The summed E-state index contributed by atoms with van der Waals surface area (Å²) in [7, 11) is 0. The van der Waals surface area contributed by atoms with Crippen molar-refractivity contribution in [2.24, 2.45) is 5.92 Å². The van der Waals surface area contributed by atoms with Crippen LogP contribution in [-0.2, 0) is 11.2 Å².